The van der Waals surface area contributed by atoms with Crippen LogP contribution in [0.1, 0.15) is 13.3 Å². The van der Waals surface area contributed by atoms with Crippen LogP contribution in [0.2, 0.25) is 0 Å². The molecule has 0 N–H and O–H groups in total. The molecule has 0 aromatic carbocycles. The third kappa shape index (κ3) is 8.44. The van der Waals surface area contributed by atoms with E-state index in [9.17, 15) is 0 Å². The zero-order chi connectivity index (χ0) is 10.6. The molecule has 1 atom stereocenters. The lowest BCUT2D eigenvalue weighted by atomic mass is 10.3. The van der Waals surface area contributed by atoms with Crippen molar-refractivity contribution in [2.75, 3.05) is 47.3 Å². The summed E-state index contributed by atoms with van der Waals surface area (Å²) in [6, 6.07) is 0. The van der Waals surface area contributed by atoms with Crippen LogP contribution in [0.25, 0.3) is 0 Å². The first-order valence-corrected chi connectivity index (χ1v) is 5.02. The van der Waals surface area contributed by atoms with Crippen molar-refractivity contribution in [2.24, 2.45) is 0 Å². The number of methoxy groups -OCH3 is 2. The van der Waals surface area contributed by atoms with Gasteiger partial charge in [0.2, 0.25) is 0 Å². The monoisotopic (exact) mass is 206 g/mol. The molecule has 0 saturated heterocycles. The molecule has 0 amide bonds. The van der Waals surface area contributed by atoms with Crippen LogP contribution in [0.5, 0.6) is 0 Å². The molecule has 0 fully saturated rings. The van der Waals surface area contributed by atoms with E-state index in [0.29, 0.717) is 33.0 Å². The Labute approximate surface area is 86.5 Å². The summed E-state index contributed by atoms with van der Waals surface area (Å²) in [5.74, 6) is 0. The van der Waals surface area contributed by atoms with Crippen LogP contribution in [0.3, 0.4) is 0 Å². The molecular formula is C10H22O4. The van der Waals surface area contributed by atoms with Crippen molar-refractivity contribution in [3.8, 4) is 0 Å². The van der Waals surface area contributed by atoms with Crippen molar-refractivity contribution in [3.05, 3.63) is 0 Å². The topological polar surface area (TPSA) is 36.9 Å². The summed E-state index contributed by atoms with van der Waals surface area (Å²) in [7, 11) is 3.34. The van der Waals surface area contributed by atoms with E-state index >= 15 is 0 Å². The van der Waals surface area contributed by atoms with Crippen LogP contribution in [-0.4, -0.2) is 53.4 Å². The van der Waals surface area contributed by atoms with Crippen LogP contribution < -0.4 is 0 Å². The normalized spacial score (nSPS) is 13.1. The highest BCUT2D eigenvalue weighted by Crippen LogP contribution is 1.97. The van der Waals surface area contributed by atoms with E-state index in [4.69, 9.17) is 18.9 Å². The van der Waals surface area contributed by atoms with Crippen molar-refractivity contribution in [1.29, 1.82) is 0 Å². The zero-order valence-electron chi connectivity index (χ0n) is 9.45. The molecule has 0 aliphatic heterocycles. The Morgan fingerprint density at radius 2 is 1.64 bits per heavy atom. The Balaban J connectivity index is 3.15. The lowest BCUT2D eigenvalue weighted by Gasteiger charge is -2.14. The minimum absolute atomic E-state index is 0.186. The summed E-state index contributed by atoms with van der Waals surface area (Å²) >= 11 is 0. The number of hydrogen-bond donors (Lipinski definition) is 0. The fourth-order valence-electron chi connectivity index (χ4n) is 0.988. The second-order valence-corrected chi connectivity index (χ2v) is 2.96. The third-order valence-electron chi connectivity index (χ3n) is 1.82. The maximum Gasteiger partial charge on any atom is 0.0806 e. The summed E-state index contributed by atoms with van der Waals surface area (Å²) in [6.07, 6.45) is 1.15. The Hall–Kier alpha value is -0.160. The van der Waals surface area contributed by atoms with Gasteiger partial charge in [-0.3, -0.25) is 0 Å². The Kier molecular flexibility index (Phi) is 10.8. The van der Waals surface area contributed by atoms with Crippen LogP contribution >= 0.6 is 0 Å². The summed E-state index contributed by atoms with van der Waals surface area (Å²) in [6.45, 7) is 5.22. The van der Waals surface area contributed by atoms with Gasteiger partial charge in [-0.15, -0.1) is 0 Å². The van der Waals surface area contributed by atoms with Crippen molar-refractivity contribution < 1.29 is 18.9 Å². The van der Waals surface area contributed by atoms with E-state index in [0.717, 1.165) is 6.42 Å². The summed E-state index contributed by atoms with van der Waals surface area (Å²) in [5, 5.41) is 0. The number of hydrogen-bond acceptors (Lipinski definition) is 4. The lowest BCUT2D eigenvalue weighted by molar-refractivity contribution is -0.0347. The third-order valence-corrected chi connectivity index (χ3v) is 1.82. The maximum atomic E-state index is 5.52. The highest BCUT2D eigenvalue weighted by molar-refractivity contribution is 4.52. The number of ether oxygens (including phenoxy) is 4. The molecule has 0 heterocycles. The molecule has 0 rings (SSSR count). The molecule has 0 bridgehead atoms. The second kappa shape index (κ2) is 10.9. The summed E-state index contributed by atoms with van der Waals surface area (Å²) in [4.78, 5) is 0. The fourth-order valence-corrected chi connectivity index (χ4v) is 0.988. The Bertz CT molecular complexity index is 108. The minimum Gasteiger partial charge on any atom is -0.382 e. The van der Waals surface area contributed by atoms with Crippen LogP contribution in [0.4, 0.5) is 0 Å². The average molecular weight is 206 g/mol. The molecule has 0 radical (unpaired) electrons. The van der Waals surface area contributed by atoms with E-state index in [1.54, 1.807) is 14.2 Å². The van der Waals surface area contributed by atoms with E-state index in [1.807, 2.05) is 0 Å². The van der Waals surface area contributed by atoms with Gasteiger partial charge < -0.3 is 18.9 Å². The highest BCUT2D eigenvalue weighted by Gasteiger charge is 2.04. The standard InChI is InChI=1S/C10H22O4/c1-4-10(9-12-3)14-8-7-13-6-5-11-2/h10H,4-9H2,1-3H3. The molecule has 0 aromatic rings. The van der Waals surface area contributed by atoms with Crippen molar-refractivity contribution >= 4 is 0 Å². The predicted octanol–water partition coefficient (Wildman–Crippen LogP) is 1.09. The maximum absolute atomic E-state index is 5.52. The van der Waals surface area contributed by atoms with Gasteiger partial charge in [-0.05, 0) is 6.42 Å². The molecule has 4 nitrogen and oxygen atoms in total. The quantitative estimate of drug-likeness (QED) is 0.501. The molecule has 0 saturated carbocycles. The molecular weight excluding hydrogens is 184 g/mol. The summed E-state index contributed by atoms with van der Waals surface area (Å²) < 4.78 is 20.6. The minimum atomic E-state index is 0.186. The van der Waals surface area contributed by atoms with E-state index in [1.165, 1.54) is 0 Å². The van der Waals surface area contributed by atoms with Gasteiger partial charge in [0.05, 0.1) is 39.1 Å². The largest absolute Gasteiger partial charge is 0.382 e. The van der Waals surface area contributed by atoms with Crippen molar-refractivity contribution in [3.63, 3.8) is 0 Å². The van der Waals surface area contributed by atoms with Gasteiger partial charge in [0.25, 0.3) is 0 Å². The van der Waals surface area contributed by atoms with E-state index in [-0.39, 0.29) is 6.10 Å². The van der Waals surface area contributed by atoms with Crippen LogP contribution in [0.15, 0.2) is 0 Å². The molecule has 86 valence electrons. The molecule has 1 unspecified atom stereocenters. The lowest BCUT2D eigenvalue weighted by Crippen LogP contribution is -2.20. The Morgan fingerprint density at radius 3 is 2.21 bits per heavy atom. The predicted molar refractivity (Wildman–Crippen MR) is 54.6 cm³/mol. The van der Waals surface area contributed by atoms with Gasteiger partial charge in [-0.2, -0.15) is 0 Å². The molecule has 0 aromatic heterocycles. The first-order valence-electron chi connectivity index (χ1n) is 5.02. The fraction of sp³-hybridized carbons (Fsp3) is 1.00. The molecule has 4 heteroatoms. The smallest absolute Gasteiger partial charge is 0.0806 e. The van der Waals surface area contributed by atoms with Gasteiger partial charge in [0, 0.05) is 14.2 Å². The van der Waals surface area contributed by atoms with Crippen molar-refractivity contribution in [2.45, 2.75) is 19.4 Å². The van der Waals surface area contributed by atoms with Gasteiger partial charge in [0.1, 0.15) is 0 Å². The van der Waals surface area contributed by atoms with Gasteiger partial charge in [-0.25, -0.2) is 0 Å². The molecule has 14 heavy (non-hydrogen) atoms. The van der Waals surface area contributed by atoms with E-state index < -0.39 is 0 Å². The SMILES string of the molecule is CCC(COC)OCCOCCOC. The van der Waals surface area contributed by atoms with Gasteiger partial charge in [-0.1, -0.05) is 6.92 Å². The van der Waals surface area contributed by atoms with Gasteiger partial charge in [0.15, 0.2) is 0 Å². The van der Waals surface area contributed by atoms with E-state index in [2.05, 4.69) is 6.92 Å². The van der Waals surface area contributed by atoms with Gasteiger partial charge >= 0.3 is 0 Å². The molecule has 0 aliphatic carbocycles. The average Bonchev–Trinajstić information content (AvgIpc) is 2.21. The zero-order valence-corrected chi connectivity index (χ0v) is 9.45. The molecule has 0 spiro atoms. The highest BCUT2D eigenvalue weighted by atomic mass is 16.6. The first kappa shape index (κ1) is 13.8. The molecule has 0 aliphatic rings. The summed E-state index contributed by atoms with van der Waals surface area (Å²) in [5.41, 5.74) is 0. The Morgan fingerprint density at radius 1 is 0.929 bits per heavy atom. The number of rotatable bonds is 10. The van der Waals surface area contributed by atoms with Crippen LogP contribution in [0, 0.1) is 0 Å². The first-order chi connectivity index (χ1) is 6.85. The van der Waals surface area contributed by atoms with Crippen LogP contribution in [-0.2, 0) is 18.9 Å². The second-order valence-electron chi connectivity index (χ2n) is 2.96. The van der Waals surface area contributed by atoms with Crippen molar-refractivity contribution in [1.82, 2.24) is 0 Å².